The van der Waals surface area contributed by atoms with E-state index in [-0.39, 0.29) is 11.9 Å². The molecule has 2 unspecified atom stereocenters. The van der Waals surface area contributed by atoms with Crippen molar-refractivity contribution in [2.45, 2.75) is 56.4 Å². The van der Waals surface area contributed by atoms with Crippen molar-refractivity contribution in [1.29, 1.82) is 0 Å². The van der Waals surface area contributed by atoms with E-state index in [1.165, 1.54) is 12.1 Å². The number of nitrogens with zero attached hydrogens (tertiary/aromatic N) is 2. The van der Waals surface area contributed by atoms with Gasteiger partial charge in [0, 0.05) is 34.9 Å². The van der Waals surface area contributed by atoms with Gasteiger partial charge in [-0.05, 0) is 74.2 Å². The van der Waals surface area contributed by atoms with Crippen LogP contribution in [0.5, 0.6) is 5.75 Å². The minimum Gasteiger partial charge on any atom is -0.406 e. The lowest BCUT2D eigenvalue weighted by Gasteiger charge is -2.46. The van der Waals surface area contributed by atoms with E-state index in [0.29, 0.717) is 41.5 Å². The zero-order chi connectivity index (χ0) is 27.3. The maximum absolute atomic E-state index is 12.6. The third-order valence-corrected chi connectivity index (χ3v) is 7.59. The van der Waals surface area contributed by atoms with E-state index in [0.717, 1.165) is 16.8 Å². The first kappa shape index (κ1) is 27.2. The quantitative estimate of drug-likeness (QED) is 0.353. The summed E-state index contributed by atoms with van der Waals surface area (Å²) in [4.78, 5) is 6.85. The molecule has 2 aliphatic rings. The van der Waals surface area contributed by atoms with Gasteiger partial charge in [-0.3, -0.25) is 9.88 Å². The molecule has 0 saturated carbocycles. The molecule has 1 N–H and O–H groups in total. The van der Waals surface area contributed by atoms with Crippen LogP contribution < -0.4 is 4.74 Å². The molecule has 0 aliphatic carbocycles. The number of piperidine rings is 1. The molecule has 0 radical (unpaired) electrons. The Kier molecular flexibility index (Phi) is 7.16. The molecule has 0 amide bonds. The van der Waals surface area contributed by atoms with Gasteiger partial charge in [0.15, 0.2) is 0 Å². The van der Waals surface area contributed by atoms with Gasteiger partial charge in [-0.1, -0.05) is 41.4 Å². The van der Waals surface area contributed by atoms with E-state index < -0.39 is 23.6 Å². The molecule has 3 heterocycles. The van der Waals surface area contributed by atoms with Crippen molar-refractivity contribution in [3.8, 4) is 5.75 Å². The van der Waals surface area contributed by atoms with Gasteiger partial charge in [-0.2, -0.15) is 0 Å². The molecule has 2 aromatic carbocycles. The van der Waals surface area contributed by atoms with E-state index in [1.54, 1.807) is 38.2 Å². The van der Waals surface area contributed by atoms with Crippen LogP contribution in [0.3, 0.4) is 0 Å². The van der Waals surface area contributed by atoms with Crippen LogP contribution in [0.1, 0.15) is 61.2 Å². The maximum atomic E-state index is 12.6. The molecule has 202 valence electrons. The molecular formula is C28H27Cl2F3N2O3. The summed E-state index contributed by atoms with van der Waals surface area (Å²) >= 11 is 12.6. The molecule has 0 bridgehead atoms. The minimum absolute atomic E-state index is 0.303. The van der Waals surface area contributed by atoms with Crippen molar-refractivity contribution in [1.82, 2.24) is 9.88 Å². The number of halogens is 5. The monoisotopic (exact) mass is 566 g/mol. The minimum atomic E-state index is -4.77. The highest BCUT2D eigenvalue weighted by Gasteiger charge is 2.50. The number of fused-ring (bicyclic) bond motifs is 2. The Labute approximate surface area is 229 Å². The fraction of sp³-hybridized carbons (Fsp3) is 0.393. The van der Waals surface area contributed by atoms with Crippen LogP contribution in [0, 0.1) is 0 Å². The van der Waals surface area contributed by atoms with Crippen LogP contribution in [0.2, 0.25) is 10.0 Å². The van der Waals surface area contributed by atoms with Crippen molar-refractivity contribution < 1.29 is 27.8 Å². The van der Waals surface area contributed by atoms with Gasteiger partial charge in [0.25, 0.3) is 0 Å². The Morgan fingerprint density at radius 2 is 1.68 bits per heavy atom. The largest absolute Gasteiger partial charge is 0.573 e. The van der Waals surface area contributed by atoms with Crippen LogP contribution in [-0.2, 0) is 10.3 Å². The average Bonchev–Trinajstić information content (AvgIpc) is 3.14. The van der Waals surface area contributed by atoms with Gasteiger partial charge < -0.3 is 14.6 Å². The van der Waals surface area contributed by atoms with Crippen LogP contribution >= 0.6 is 23.2 Å². The topological polar surface area (TPSA) is 54.8 Å². The Bertz CT molecular complexity index is 1280. The van der Waals surface area contributed by atoms with Crippen molar-refractivity contribution in [2.24, 2.45) is 0 Å². The number of ether oxygens (including phenoxy) is 2. The summed E-state index contributed by atoms with van der Waals surface area (Å²) in [5, 5.41) is 12.1. The number of hydrogen-bond acceptors (Lipinski definition) is 5. The van der Waals surface area contributed by atoms with Gasteiger partial charge >= 0.3 is 6.36 Å². The first-order chi connectivity index (χ1) is 17.8. The third kappa shape index (κ3) is 5.51. The van der Waals surface area contributed by atoms with E-state index in [2.05, 4.69) is 9.64 Å². The molecule has 1 saturated heterocycles. The molecule has 2 aliphatic heterocycles. The Hall–Kier alpha value is -2.36. The van der Waals surface area contributed by atoms with Gasteiger partial charge in [-0.25, -0.2) is 0 Å². The molecular weight excluding hydrogens is 540 g/mol. The Balaban J connectivity index is 1.39. The van der Waals surface area contributed by atoms with Crippen molar-refractivity contribution >= 4 is 23.2 Å². The SMILES string of the molecule is CC(C)(O)C(c1ccc(OC(F)(F)F)cc1)N1CCC2(CC1)OC(c1cc(Cl)cc(Cl)c1)c1cccnc12. The molecule has 38 heavy (non-hydrogen) atoms. The first-order valence-electron chi connectivity index (χ1n) is 12.3. The predicted molar refractivity (Wildman–Crippen MR) is 138 cm³/mol. The summed E-state index contributed by atoms with van der Waals surface area (Å²) in [6.45, 7) is 4.55. The predicted octanol–water partition coefficient (Wildman–Crippen LogP) is 7.21. The molecule has 1 fully saturated rings. The van der Waals surface area contributed by atoms with E-state index in [4.69, 9.17) is 32.9 Å². The lowest BCUT2D eigenvalue weighted by atomic mass is 9.83. The van der Waals surface area contributed by atoms with E-state index in [1.807, 2.05) is 24.3 Å². The number of aliphatic hydroxyl groups is 1. The molecule has 5 rings (SSSR count). The second-order valence-electron chi connectivity index (χ2n) is 10.3. The number of alkyl halides is 3. The van der Waals surface area contributed by atoms with Gasteiger partial charge in [0.2, 0.25) is 0 Å². The molecule has 10 heteroatoms. The molecule has 5 nitrogen and oxygen atoms in total. The standard InChI is InChI=1S/C28H27Cl2F3N2O3/c1-26(2,36)25(17-5-7-21(8-6-17)37-28(31,32)33)35-12-9-27(10-13-35)24-22(4-3-11-34-24)23(38-27)18-14-19(29)16-20(30)15-18/h3-8,11,14-16,23,25,36H,9-10,12-13H2,1-2H3. The van der Waals surface area contributed by atoms with Crippen LogP contribution in [0.15, 0.2) is 60.8 Å². The lowest BCUT2D eigenvalue weighted by Crippen LogP contribution is -2.49. The summed E-state index contributed by atoms with van der Waals surface area (Å²) in [6.07, 6.45) is -2.15. The van der Waals surface area contributed by atoms with Crippen molar-refractivity contribution in [2.75, 3.05) is 13.1 Å². The molecule has 2 atom stereocenters. The highest BCUT2D eigenvalue weighted by atomic mass is 35.5. The number of rotatable bonds is 5. The molecule has 3 aromatic rings. The summed E-state index contributed by atoms with van der Waals surface area (Å²) in [5.74, 6) is -0.303. The zero-order valence-corrected chi connectivity index (χ0v) is 22.3. The summed E-state index contributed by atoms with van der Waals surface area (Å²) in [6, 6.07) is 14.5. The number of aromatic nitrogens is 1. The zero-order valence-electron chi connectivity index (χ0n) is 20.8. The molecule has 1 spiro atoms. The summed E-state index contributed by atoms with van der Waals surface area (Å²) in [5.41, 5.74) is 1.62. The van der Waals surface area contributed by atoms with Gasteiger partial charge in [0.1, 0.15) is 17.5 Å². The van der Waals surface area contributed by atoms with Gasteiger partial charge in [-0.15, -0.1) is 13.2 Å². The van der Waals surface area contributed by atoms with Crippen LogP contribution in [0.4, 0.5) is 13.2 Å². The lowest BCUT2D eigenvalue weighted by molar-refractivity contribution is -0.274. The van der Waals surface area contributed by atoms with Crippen LogP contribution in [-0.4, -0.2) is 40.0 Å². The summed E-state index contributed by atoms with van der Waals surface area (Å²) < 4.78 is 48.6. The highest BCUT2D eigenvalue weighted by Crippen LogP contribution is 2.52. The first-order valence-corrected chi connectivity index (χ1v) is 13.0. The third-order valence-electron chi connectivity index (χ3n) is 7.15. The number of likely N-dealkylation sites (tertiary alicyclic amines) is 1. The van der Waals surface area contributed by atoms with Crippen molar-refractivity contribution in [3.63, 3.8) is 0 Å². The fourth-order valence-corrected chi connectivity index (χ4v) is 6.29. The fourth-order valence-electron chi connectivity index (χ4n) is 5.74. The summed E-state index contributed by atoms with van der Waals surface area (Å²) in [7, 11) is 0. The average molecular weight is 567 g/mol. The molecule has 1 aromatic heterocycles. The highest BCUT2D eigenvalue weighted by molar-refractivity contribution is 6.34. The van der Waals surface area contributed by atoms with E-state index in [9.17, 15) is 18.3 Å². The second kappa shape index (κ2) is 9.99. The Morgan fingerprint density at radius 3 is 2.26 bits per heavy atom. The van der Waals surface area contributed by atoms with Crippen LogP contribution in [0.25, 0.3) is 0 Å². The van der Waals surface area contributed by atoms with Gasteiger partial charge in [0.05, 0.1) is 17.3 Å². The smallest absolute Gasteiger partial charge is 0.406 e. The normalized spacial score (nSPS) is 20.4. The Morgan fingerprint density at radius 1 is 1.05 bits per heavy atom. The number of hydrogen-bond donors (Lipinski definition) is 1. The van der Waals surface area contributed by atoms with E-state index >= 15 is 0 Å². The second-order valence-corrected chi connectivity index (χ2v) is 11.2. The number of pyridine rings is 1. The maximum Gasteiger partial charge on any atom is 0.573 e. The van der Waals surface area contributed by atoms with Crippen molar-refractivity contribution in [3.05, 3.63) is 93.2 Å². The number of benzene rings is 2.